The molecule has 1 aromatic rings. The summed E-state index contributed by atoms with van der Waals surface area (Å²) in [4.78, 5) is 0. The van der Waals surface area contributed by atoms with Crippen molar-refractivity contribution in [2.75, 3.05) is 0 Å². The van der Waals surface area contributed by atoms with E-state index in [9.17, 15) is 4.39 Å². The van der Waals surface area contributed by atoms with Crippen LogP contribution in [-0.2, 0) is 0 Å². The third-order valence-corrected chi connectivity index (χ3v) is 0.733. The van der Waals surface area contributed by atoms with Crippen LogP contribution in [0.25, 0.3) is 0 Å². The van der Waals surface area contributed by atoms with Gasteiger partial charge >= 0.3 is 18.9 Å². The van der Waals surface area contributed by atoms with Gasteiger partial charge < -0.3 is 0 Å². The van der Waals surface area contributed by atoms with E-state index in [0.29, 0.717) is 0 Å². The van der Waals surface area contributed by atoms with E-state index in [1.54, 1.807) is 18.2 Å². The van der Waals surface area contributed by atoms with Gasteiger partial charge in [0.05, 0.1) is 0 Å². The maximum Gasteiger partial charge on any atom is 1.00 e. The van der Waals surface area contributed by atoms with Gasteiger partial charge in [-0.15, -0.1) is 0 Å². The summed E-state index contributed by atoms with van der Waals surface area (Å²) in [6.45, 7) is 0. The molecule has 0 aromatic heterocycles. The minimum Gasteiger partial charge on any atom is -0.207 e. The largest absolute Gasteiger partial charge is 1.00 e. The molecular weight excluding hydrogens is 98.0 g/mol. The number of hydrogen-bond acceptors (Lipinski definition) is 0. The summed E-state index contributed by atoms with van der Waals surface area (Å²) in [7, 11) is 0. The second-order valence-electron chi connectivity index (χ2n) is 1.30. The standard InChI is InChI=1S/C6H5F.Li/c7-6-4-2-1-3-5-6;/h1-5H;/q;+1. The molecule has 0 saturated carbocycles. The fourth-order valence-electron chi connectivity index (χ4n) is 0.415. The van der Waals surface area contributed by atoms with Crippen LogP contribution in [0, 0.1) is 5.82 Å². The Morgan fingerprint density at radius 3 is 1.75 bits per heavy atom. The zero-order valence-corrected chi connectivity index (χ0v) is 4.76. The Labute approximate surface area is 59.9 Å². The first kappa shape index (κ1) is 7.75. The Balaban J connectivity index is 0.000000490. The van der Waals surface area contributed by atoms with Crippen LogP contribution in [0.15, 0.2) is 30.3 Å². The molecule has 0 N–H and O–H groups in total. The van der Waals surface area contributed by atoms with Gasteiger partial charge in [0.1, 0.15) is 5.82 Å². The molecular formula is C6H5FLi+. The molecule has 0 heterocycles. The van der Waals surface area contributed by atoms with Gasteiger partial charge in [0.25, 0.3) is 0 Å². The van der Waals surface area contributed by atoms with Gasteiger partial charge in [-0.1, -0.05) is 18.2 Å². The van der Waals surface area contributed by atoms with Gasteiger partial charge in [-0.05, 0) is 12.1 Å². The second kappa shape index (κ2) is 3.71. The quantitative estimate of drug-likeness (QED) is 0.363. The van der Waals surface area contributed by atoms with E-state index in [1.165, 1.54) is 12.1 Å². The van der Waals surface area contributed by atoms with Gasteiger partial charge in [0.15, 0.2) is 0 Å². The third kappa shape index (κ3) is 2.16. The SMILES string of the molecule is Fc1ccccc1.[Li+]. The molecule has 2 heteroatoms. The van der Waals surface area contributed by atoms with Crippen LogP contribution in [0.4, 0.5) is 4.39 Å². The van der Waals surface area contributed by atoms with Gasteiger partial charge in [0, 0.05) is 0 Å². The van der Waals surface area contributed by atoms with Crippen molar-refractivity contribution in [1.29, 1.82) is 0 Å². The van der Waals surface area contributed by atoms with E-state index in [0.717, 1.165) is 0 Å². The van der Waals surface area contributed by atoms with Crippen molar-refractivity contribution in [3.05, 3.63) is 36.1 Å². The van der Waals surface area contributed by atoms with Crippen molar-refractivity contribution in [2.24, 2.45) is 0 Å². The molecule has 0 saturated heterocycles. The Morgan fingerprint density at radius 1 is 1.00 bits per heavy atom. The smallest absolute Gasteiger partial charge is 0.207 e. The van der Waals surface area contributed by atoms with Crippen molar-refractivity contribution < 1.29 is 23.3 Å². The van der Waals surface area contributed by atoms with Crippen molar-refractivity contribution in [3.8, 4) is 0 Å². The topological polar surface area (TPSA) is 0 Å². The maximum atomic E-state index is 11.9. The van der Waals surface area contributed by atoms with Crippen LogP contribution in [0.2, 0.25) is 0 Å². The first-order valence-electron chi connectivity index (χ1n) is 2.10. The van der Waals surface area contributed by atoms with E-state index in [2.05, 4.69) is 0 Å². The van der Waals surface area contributed by atoms with Crippen LogP contribution >= 0.6 is 0 Å². The Bertz CT molecular complexity index is 138. The van der Waals surface area contributed by atoms with Crippen LogP contribution in [-0.4, -0.2) is 0 Å². The van der Waals surface area contributed by atoms with Crippen molar-refractivity contribution in [1.82, 2.24) is 0 Å². The molecule has 0 nitrogen and oxygen atoms in total. The number of benzene rings is 1. The number of hydrogen-bond donors (Lipinski definition) is 0. The molecule has 0 aliphatic carbocycles. The molecule has 1 aromatic carbocycles. The van der Waals surface area contributed by atoms with Gasteiger partial charge in [0.2, 0.25) is 0 Å². The fourth-order valence-corrected chi connectivity index (χ4v) is 0.415. The minimum absolute atomic E-state index is 0. The molecule has 8 heavy (non-hydrogen) atoms. The van der Waals surface area contributed by atoms with Crippen molar-refractivity contribution >= 4 is 0 Å². The maximum absolute atomic E-state index is 11.9. The monoisotopic (exact) mass is 103 g/mol. The van der Waals surface area contributed by atoms with Crippen LogP contribution in [0.1, 0.15) is 0 Å². The Hall–Kier alpha value is -0.253. The molecule has 0 fully saturated rings. The van der Waals surface area contributed by atoms with Gasteiger partial charge in [-0.2, -0.15) is 0 Å². The molecule has 0 unspecified atom stereocenters. The molecule has 1 rings (SSSR count). The summed E-state index contributed by atoms with van der Waals surface area (Å²) in [5, 5.41) is 0. The van der Waals surface area contributed by atoms with E-state index in [4.69, 9.17) is 0 Å². The number of rotatable bonds is 0. The van der Waals surface area contributed by atoms with Gasteiger partial charge in [-0.25, -0.2) is 4.39 Å². The average Bonchev–Trinajstić information content (AvgIpc) is 1.69. The zero-order chi connectivity index (χ0) is 5.11. The van der Waals surface area contributed by atoms with Crippen LogP contribution in [0.5, 0.6) is 0 Å². The minimum atomic E-state index is -0.178. The first-order valence-corrected chi connectivity index (χ1v) is 2.10. The Morgan fingerprint density at radius 2 is 1.50 bits per heavy atom. The molecule has 0 bridgehead atoms. The molecule has 0 spiro atoms. The molecule has 0 radical (unpaired) electrons. The summed E-state index contributed by atoms with van der Waals surface area (Å²) < 4.78 is 11.9. The van der Waals surface area contributed by atoms with E-state index in [1.807, 2.05) is 0 Å². The molecule has 36 valence electrons. The molecule has 0 aliphatic rings. The molecule has 0 amide bonds. The normalized spacial score (nSPS) is 7.62. The third-order valence-electron chi connectivity index (χ3n) is 0.733. The Kier molecular flexibility index (Phi) is 3.60. The van der Waals surface area contributed by atoms with Crippen molar-refractivity contribution in [2.45, 2.75) is 0 Å². The molecule has 0 aliphatic heterocycles. The summed E-state index contributed by atoms with van der Waals surface area (Å²) in [5.41, 5.74) is 0. The van der Waals surface area contributed by atoms with E-state index < -0.39 is 0 Å². The van der Waals surface area contributed by atoms with E-state index >= 15 is 0 Å². The second-order valence-corrected chi connectivity index (χ2v) is 1.30. The predicted octanol–water partition coefficient (Wildman–Crippen LogP) is -1.17. The summed E-state index contributed by atoms with van der Waals surface area (Å²) >= 11 is 0. The van der Waals surface area contributed by atoms with E-state index in [-0.39, 0.29) is 24.7 Å². The summed E-state index contributed by atoms with van der Waals surface area (Å²) in [5.74, 6) is -0.178. The summed E-state index contributed by atoms with van der Waals surface area (Å²) in [6, 6.07) is 7.94. The fraction of sp³-hybridized carbons (Fsp3) is 0. The van der Waals surface area contributed by atoms with Crippen LogP contribution < -0.4 is 18.9 Å². The average molecular weight is 103 g/mol. The summed E-state index contributed by atoms with van der Waals surface area (Å²) in [6.07, 6.45) is 0. The predicted molar refractivity (Wildman–Crippen MR) is 26.4 cm³/mol. The van der Waals surface area contributed by atoms with Crippen molar-refractivity contribution in [3.63, 3.8) is 0 Å². The van der Waals surface area contributed by atoms with Crippen LogP contribution in [0.3, 0.4) is 0 Å². The first-order chi connectivity index (χ1) is 3.39. The number of halogens is 1. The van der Waals surface area contributed by atoms with Gasteiger partial charge in [-0.3, -0.25) is 0 Å². The zero-order valence-electron chi connectivity index (χ0n) is 4.76. The molecule has 0 atom stereocenters.